The van der Waals surface area contributed by atoms with E-state index in [2.05, 4.69) is 0 Å². The van der Waals surface area contributed by atoms with Gasteiger partial charge in [-0.2, -0.15) is 5.26 Å². The largest absolute Gasteiger partial charge is 0.515 e. The molecule has 0 aromatic rings. The Balaban J connectivity index is 2.53. The first-order valence-electron chi connectivity index (χ1n) is 2.63. The number of nitriles is 1. The van der Waals surface area contributed by atoms with Gasteiger partial charge in [-0.3, -0.25) is 0 Å². The van der Waals surface area contributed by atoms with Crippen molar-refractivity contribution in [1.82, 2.24) is 0 Å². The van der Waals surface area contributed by atoms with Gasteiger partial charge in [0.05, 0.1) is 17.9 Å². The molecule has 8 heavy (non-hydrogen) atoms. The first-order chi connectivity index (χ1) is 3.88. The van der Waals surface area contributed by atoms with Crippen molar-refractivity contribution in [3.05, 3.63) is 11.8 Å². The average molecular weight is 109 g/mol. The summed E-state index contributed by atoms with van der Waals surface area (Å²) in [6.45, 7) is 0. The van der Waals surface area contributed by atoms with Gasteiger partial charge in [0.15, 0.2) is 0 Å². The standard InChI is InChI=1S/C6H7NO/c7-3-6(4-8)5-1-2-5/h4-5,8H,1-2H2/b6-4+. The van der Waals surface area contributed by atoms with Gasteiger partial charge in [-0.1, -0.05) is 0 Å². The highest BCUT2D eigenvalue weighted by atomic mass is 16.2. The van der Waals surface area contributed by atoms with Crippen LogP contribution in [0.2, 0.25) is 0 Å². The molecule has 42 valence electrons. The molecule has 0 saturated heterocycles. The summed E-state index contributed by atoms with van der Waals surface area (Å²) in [5, 5.41) is 16.6. The third kappa shape index (κ3) is 0.812. The molecule has 0 amide bonds. The predicted octanol–water partition coefficient (Wildman–Crippen LogP) is 1.36. The van der Waals surface area contributed by atoms with Crippen LogP contribution in [0, 0.1) is 17.2 Å². The number of hydrogen-bond donors (Lipinski definition) is 1. The van der Waals surface area contributed by atoms with Gasteiger partial charge in [0.2, 0.25) is 0 Å². The lowest BCUT2D eigenvalue weighted by Gasteiger charge is -1.83. The van der Waals surface area contributed by atoms with E-state index in [1.807, 2.05) is 6.07 Å². The summed E-state index contributed by atoms with van der Waals surface area (Å²) >= 11 is 0. The van der Waals surface area contributed by atoms with E-state index in [0.29, 0.717) is 11.5 Å². The first-order valence-corrected chi connectivity index (χ1v) is 2.63. The summed E-state index contributed by atoms with van der Waals surface area (Å²) < 4.78 is 0. The average Bonchev–Trinajstić information content (AvgIpc) is 2.53. The molecule has 1 aliphatic rings. The number of aliphatic hydroxyl groups excluding tert-OH is 1. The molecule has 1 aliphatic carbocycles. The smallest absolute Gasteiger partial charge is 0.0982 e. The van der Waals surface area contributed by atoms with Crippen molar-refractivity contribution in [3.63, 3.8) is 0 Å². The highest BCUT2D eigenvalue weighted by Crippen LogP contribution is 2.35. The zero-order valence-corrected chi connectivity index (χ0v) is 4.46. The highest BCUT2D eigenvalue weighted by Gasteiger charge is 2.25. The van der Waals surface area contributed by atoms with Gasteiger partial charge in [0.1, 0.15) is 0 Å². The van der Waals surface area contributed by atoms with E-state index >= 15 is 0 Å². The van der Waals surface area contributed by atoms with Crippen molar-refractivity contribution in [2.45, 2.75) is 12.8 Å². The van der Waals surface area contributed by atoms with Crippen LogP contribution in [0.5, 0.6) is 0 Å². The Morgan fingerprint density at radius 2 is 2.38 bits per heavy atom. The molecule has 0 unspecified atom stereocenters. The molecule has 0 aliphatic heterocycles. The number of nitrogens with zero attached hydrogens (tertiary/aromatic N) is 1. The topological polar surface area (TPSA) is 44.0 Å². The number of aliphatic hydroxyl groups is 1. The molecular weight excluding hydrogens is 102 g/mol. The molecule has 0 spiro atoms. The molecular formula is C6H7NO. The first kappa shape index (κ1) is 5.17. The second-order valence-electron chi connectivity index (χ2n) is 1.97. The maximum Gasteiger partial charge on any atom is 0.0982 e. The minimum Gasteiger partial charge on any atom is -0.515 e. The maximum absolute atomic E-state index is 8.35. The van der Waals surface area contributed by atoms with Gasteiger partial charge < -0.3 is 5.11 Å². The van der Waals surface area contributed by atoms with E-state index in [1.54, 1.807) is 0 Å². The van der Waals surface area contributed by atoms with Gasteiger partial charge in [0, 0.05) is 0 Å². The van der Waals surface area contributed by atoms with Crippen LogP contribution < -0.4 is 0 Å². The summed E-state index contributed by atoms with van der Waals surface area (Å²) in [5.74, 6) is 0.380. The molecule has 0 atom stereocenters. The van der Waals surface area contributed by atoms with Crippen molar-refractivity contribution in [1.29, 1.82) is 5.26 Å². The summed E-state index contributed by atoms with van der Waals surface area (Å²) in [6, 6.07) is 1.92. The van der Waals surface area contributed by atoms with Crippen molar-refractivity contribution in [2.75, 3.05) is 0 Å². The van der Waals surface area contributed by atoms with Crippen molar-refractivity contribution < 1.29 is 5.11 Å². The molecule has 2 heteroatoms. The van der Waals surface area contributed by atoms with Crippen LogP contribution in [-0.2, 0) is 0 Å². The second kappa shape index (κ2) is 1.87. The van der Waals surface area contributed by atoms with Crippen LogP contribution in [0.3, 0.4) is 0 Å². The highest BCUT2D eigenvalue weighted by molar-refractivity contribution is 5.25. The fourth-order valence-corrected chi connectivity index (χ4v) is 0.620. The van der Waals surface area contributed by atoms with Gasteiger partial charge in [-0.05, 0) is 18.8 Å². The Morgan fingerprint density at radius 3 is 2.50 bits per heavy atom. The summed E-state index contributed by atoms with van der Waals surface area (Å²) in [7, 11) is 0. The van der Waals surface area contributed by atoms with Crippen LogP contribution in [0.4, 0.5) is 0 Å². The third-order valence-corrected chi connectivity index (χ3v) is 1.29. The van der Waals surface area contributed by atoms with Gasteiger partial charge >= 0.3 is 0 Å². The minimum atomic E-state index is 0.380. The minimum absolute atomic E-state index is 0.380. The molecule has 0 aromatic heterocycles. The van der Waals surface area contributed by atoms with E-state index in [1.165, 1.54) is 0 Å². The second-order valence-corrected chi connectivity index (χ2v) is 1.97. The van der Waals surface area contributed by atoms with Crippen molar-refractivity contribution in [3.8, 4) is 6.07 Å². The maximum atomic E-state index is 8.35. The zero-order chi connectivity index (χ0) is 5.98. The molecule has 0 bridgehead atoms. The van der Waals surface area contributed by atoms with E-state index < -0.39 is 0 Å². The van der Waals surface area contributed by atoms with Gasteiger partial charge in [-0.15, -0.1) is 0 Å². The molecule has 1 fully saturated rings. The fraction of sp³-hybridized carbons (Fsp3) is 0.500. The Kier molecular flexibility index (Phi) is 1.21. The van der Waals surface area contributed by atoms with Crippen LogP contribution >= 0.6 is 0 Å². The lowest BCUT2D eigenvalue weighted by molar-refractivity contribution is 0.466. The lowest BCUT2D eigenvalue weighted by atomic mass is 10.2. The fourth-order valence-electron chi connectivity index (χ4n) is 0.620. The lowest BCUT2D eigenvalue weighted by Crippen LogP contribution is -1.78. The molecule has 0 heterocycles. The van der Waals surface area contributed by atoms with Crippen LogP contribution in [0.15, 0.2) is 11.8 Å². The SMILES string of the molecule is N#C/C(=C\O)C1CC1. The van der Waals surface area contributed by atoms with Crippen LogP contribution in [-0.4, -0.2) is 5.11 Å². The molecule has 0 radical (unpaired) electrons. The summed E-state index contributed by atoms with van der Waals surface area (Å²) in [4.78, 5) is 0. The Bertz CT molecular complexity index is 150. The van der Waals surface area contributed by atoms with E-state index in [4.69, 9.17) is 10.4 Å². The quantitative estimate of drug-likeness (QED) is 0.408. The van der Waals surface area contributed by atoms with Gasteiger partial charge in [0.25, 0.3) is 0 Å². The number of hydrogen-bond acceptors (Lipinski definition) is 2. The molecule has 2 nitrogen and oxygen atoms in total. The number of allylic oxidation sites excluding steroid dienone is 1. The zero-order valence-electron chi connectivity index (χ0n) is 4.46. The monoisotopic (exact) mass is 109 g/mol. The summed E-state index contributed by atoms with van der Waals surface area (Å²) in [5.41, 5.74) is 0.532. The molecule has 1 N–H and O–H groups in total. The third-order valence-electron chi connectivity index (χ3n) is 1.29. The predicted molar refractivity (Wildman–Crippen MR) is 29.0 cm³/mol. The molecule has 1 saturated carbocycles. The van der Waals surface area contributed by atoms with Crippen LogP contribution in [0.1, 0.15) is 12.8 Å². The number of rotatable bonds is 1. The Hall–Kier alpha value is -0.970. The van der Waals surface area contributed by atoms with Crippen LogP contribution in [0.25, 0.3) is 0 Å². The van der Waals surface area contributed by atoms with Crippen molar-refractivity contribution in [2.24, 2.45) is 5.92 Å². The molecule has 0 aromatic carbocycles. The molecule has 1 rings (SSSR count). The van der Waals surface area contributed by atoms with Crippen molar-refractivity contribution >= 4 is 0 Å². The normalized spacial score (nSPS) is 20.1. The van der Waals surface area contributed by atoms with Gasteiger partial charge in [-0.25, -0.2) is 0 Å². The van der Waals surface area contributed by atoms with E-state index in [9.17, 15) is 0 Å². The van der Waals surface area contributed by atoms with E-state index in [0.717, 1.165) is 19.1 Å². The van der Waals surface area contributed by atoms with E-state index in [-0.39, 0.29) is 0 Å². The Labute approximate surface area is 48.1 Å². The summed E-state index contributed by atoms with van der Waals surface area (Å²) in [6.07, 6.45) is 3.05. The Morgan fingerprint density at radius 1 is 1.75 bits per heavy atom.